The number of hydrogen-bond acceptors (Lipinski definition) is 5. The van der Waals surface area contributed by atoms with Gasteiger partial charge >= 0.3 is 5.97 Å². The second kappa shape index (κ2) is 8.71. The Hall–Kier alpha value is -3.12. The van der Waals surface area contributed by atoms with E-state index >= 15 is 0 Å². The van der Waals surface area contributed by atoms with E-state index in [2.05, 4.69) is 5.32 Å². The van der Waals surface area contributed by atoms with Gasteiger partial charge < -0.3 is 14.5 Å². The predicted octanol–water partition coefficient (Wildman–Crippen LogP) is 3.35. The standard InChI is InChI=1S/C21H18ClNO5/c1-13(20(25)23-10-9-14-5-3-2-4-6-14)27-21(26)19-12-17(24)16-11-15(22)7-8-18(16)28-19/h2-8,11-13H,9-10H2,1H3,(H,23,25)/t13-/m0/s1. The van der Waals surface area contributed by atoms with Gasteiger partial charge in [0.15, 0.2) is 11.5 Å². The van der Waals surface area contributed by atoms with Gasteiger partial charge in [0.25, 0.3) is 5.91 Å². The first kappa shape index (κ1) is 19.6. The van der Waals surface area contributed by atoms with Crippen molar-refractivity contribution in [1.82, 2.24) is 5.32 Å². The number of carbonyl (C=O) groups excluding carboxylic acids is 2. The van der Waals surface area contributed by atoms with Crippen LogP contribution in [0.25, 0.3) is 11.0 Å². The van der Waals surface area contributed by atoms with Gasteiger partial charge in [-0.15, -0.1) is 0 Å². The van der Waals surface area contributed by atoms with Crippen LogP contribution in [0.5, 0.6) is 0 Å². The summed E-state index contributed by atoms with van der Waals surface area (Å²) in [5.41, 5.74) is 0.880. The van der Waals surface area contributed by atoms with Crippen LogP contribution >= 0.6 is 11.6 Å². The molecule has 0 bridgehead atoms. The first-order valence-electron chi connectivity index (χ1n) is 8.70. The Morgan fingerprint density at radius 3 is 2.64 bits per heavy atom. The van der Waals surface area contributed by atoms with E-state index in [-0.39, 0.29) is 16.7 Å². The molecule has 0 unspecified atom stereocenters. The lowest BCUT2D eigenvalue weighted by atomic mass is 10.1. The van der Waals surface area contributed by atoms with Gasteiger partial charge in [-0.05, 0) is 37.1 Å². The molecule has 144 valence electrons. The molecule has 0 aliphatic rings. The van der Waals surface area contributed by atoms with E-state index in [1.54, 1.807) is 6.07 Å². The Labute approximate surface area is 166 Å². The number of hydrogen-bond donors (Lipinski definition) is 1. The molecule has 0 radical (unpaired) electrons. The van der Waals surface area contributed by atoms with Gasteiger partial charge in [0, 0.05) is 17.6 Å². The van der Waals surface area contributed by atoms with Crippen LogP contribution < -0.4 is 10.7 Å². The molecule has 1 amide bonds. The summed E-state index contributed by atoms with van der Waals surface area (Å²) in [6, 6.07) is 15.2. The third-order valence-electron chi connectivity index (χ3n) is 4.10. The fraction of sp³-hybridized carbons (Fsp3) is 0.190. The number of rotatable bonds is 6. The summed E-state index contributed by atoms with van der Waals surface area (Å²) in [5.74, 6) is -1.59. The lowest BCUT2D eigenvalue weighted by Crippen LogP contribution is -2.37. The van der Waals surface area contributed by atoms with Crippen LogP contribution in [0.15, 0.2) is 63.8 Å². The van der Waals surface area contributed by atoms with Gasteiger partial charge in [0.1, 0.15) is 5.58 Å². The number of halogens is 1. The molecule has 0 spiro atoms. The highest BCUT2D eigenvalue weighted by atomic mass is 35.5. The third-order valence-corrected chi connectivity index (χ3v) is 4.33. The lowest BCUT2D eigenvalue weighted by Gasteiger charge is -2.13. The van der Waals surface area contributed by atoms with Gasteiger partial charge in [-0.3, -0.25) is 9.59 Å². The van der Waals surface area contributed by atoms with Gasteiger partial charge in [-0.25, -0.2) is 4.79 Å². The van der Waals surface area contributed by atoms with Crippen LogP contribution in [0.1, 0.15) is 23.0 Å². The third kappa shape index (κ3) is 4.78. The Morgan fingerprint density at radius 1 is 1.14 bits per heavy atom. The molecule has 0 aliphatic carbocycles. The quantitative estimate of drug-likeness (QED) is 0.642. The van der Waals surface area contributed by atoms with E-state index in [0.717, 1.165) is 11.6 Å². The van der Waals surface area contributed by atoms with E-state index in [9.17, 15) is 14.4 Å². The molecule has 1 heterocycles. The second-order valence-corrected chi connectivity index (χ2v) is 6.63. The molecule has 1 aromatic heterocycles. The van der Waals surface area contributed by atoms with Gasteiger partial charge in [-0.1, -0.05) is 41.9 Å². The van der Waals surface area contributed by atoms with Crippen molar-refractivity contribution in [3.05, 3.63) is 81.2 Å². The zero-order valence-corrected chi connectivity index (χ0v) is 15.9. The molecule has 0 aliphatic heterocycles. The molecule has 3 aromatic rings. The summed E-state index contributed by atoms with van der Waals surface area (Å²) in [6.45, 7) is 1.87. The van der Waals surface area contributed by atoms with E-state index < -0.39 is 23.4 Å². The summed E-state index contributed by atoms with van der Waals surface area (Å²) in [6.07, 6.45) is -0.371. The van der Waals surface area contributed by atoms with Gasteiger partial charge in [-0.2, -0.15) is 0 Å². The van der Waals surface area contributed by atoms with Crippen LogP contribution in [-0.4, -0.2) is 24.5 Å². The van der Waals surface area contributed by atoms with Crippen LogP contribution in [0, 0.1) is 0 Å². The van der Waals surface area contributed by atoms with Crippen molar-refractivity contribution in [3.8, 4) is 0 Å². The van der Waals surface area contributed by atoms with Crippen LogP contribution in [0.3, 0.4) is 0 Å². The summed E-state index contributed by atoms with van der Waals surface area (Å²) in [5, 5.41) is 3.36. The monoisotopic (exact) mass is 399 g/mol. The molecule has 1 atom stereocenters. The van der Waals surface area contributed by atoms with Crippen molar-refractivity contribution >= 4 is 34.4 Å². The molecule has 0 fully saturated rings. The number of esters is 1. The van der Waals surface area contributed by atoms with Crippen molar-refractivity contribution in [3.63, 3.8) is 0 Å². The highest BCUT2D eigenvalue weighted by Gasteiger charge is 2.21. The Bertz CT molecular complexity index is 1060. The maximum atomic E-state index is 12.3. The fourth-order valence-corrected chi connectivity index (χ4v) is 2.79. The van der Waals surface area contributed by atoms with Crippen molar-refractivity contribution in [2.24, 2.45) is 0 Å². The normalized spacial score (nSPS) is 11.8. The van der Waals surface area contributed by atoms with E-state index in [4.69, 9.17) is 20.8 Å². The number of amides is 1. The SMILES string of the molecule is C[C@H](OC(=O)c1cc(=O)c2cc(Cl)ccc2o1)C(=O)NCCc1ccccc1. The van der Waals surface area contributed by atoms with E-state index in [1.165, 1.54) is 19.1 Å². The fourth-order valence-electron chi connectivity index (χ4n) is 2.62. The summed E-state index contributed by atoms with van der Waals surface area (Å²) in [4.78, 5) is 36.5. The zero-order chi connectivity index (χ0) is 20.1. The first-order valence-corrected chi connectivity index (χ1v) is 9.08. The molecule has 1 N–H and O–H groups in total. The number of carbonyl (C=O) groups is 2. The first-order chi connectivity index (χ1) is 13.4. The lowest BCUT2D eigenvalue weighted by molar-refractivity contribution is -0.129. The predicted molar refractivity (Wildman–Crippen MR) is 106 cm³/mol. The summed E-state index contributed by atoms with van der Waals surface area (Å²) < 4.78 is 10.5. The minimum atomic E-state index is -1.03. The number of ether oxygens (including phenoxy) is 1. The van der Waals surface area contributed by atoms with Gasteiger partial charge in [0.2, 0.25) is 5.76 Å². The average Bonchev–Trinajstić information content (AvgIpc) is 2.69. The highest BCUT2D eigenvalue weighted by Crippen LogP contribution is 2.18. The topological polar surface area (TPSA) is 85.6 Å². The smallest absolute Gasteiger partial charge is 0.375 e. The van der Waals surface area contributed by atoms with Crippen LogP contribution in [-0.2, 0) is 16.0 Å². The minimum absolute atomic E-state index is 0.212. The molecule has 0 saturated heterocycles. The maximum absolute atomic E-state index is 12.3. The van der Waals surface area contributed by atoms with Crippen molar-refractivity contribution in [2.75, 3.05) is 6.54 Å². The molecule has 7 heteroatoms. The molecule has 0 saturated carbocycles. The largest absolute Gasteiger partial charge is 0.449 e. The zero-order valence-electron chi connectivity index (χ0n) is 15.1. The molecule has 2 aromatic carbocycles. The average molecular weight is 400 g/mol. The molecular formula is C21H18ClNO5. The molecule has 3 rings (SSSR count). The Kier molecular flexibility index (Phi) is 6.11. The van der Waals surface area contributed by atoms with Crippen molar-refractivity contribution in [2.45, 2.75) is 19.4 Å². The number of nitrogens with one attached hydrogen (secondary N) is 1. The molecule has 6 nitrogen and oxygen atoms in total. The number of benzene rings is 2. The summed E-state index contributed by atoms with van der Waals surface area (Å²) in [7, 11) is 0. The van der Waals surface area contributed by atoms with Gasteiger partial charge in [0.05, 0.1) is 5.39 Å². The van der Waals surface area contributed by atoms with Crippen LogP contribution in [0.2, 0.25) is 5.02 Å². The molecular weight excluding hydrogens is 382 g/mol. The summed E-state index contributed by atoms with van der Waals surface area (Å²) >= 11 is 5.86. The van der Waals surface area contributed by atoms with Crippen molar-refractivity contribution in [1.29, 1.82) is 0 Å². The highest BCUT2D eigenvalue weighted by molar-refractivity contribution is 6.31. The maximum Gasteiger partial charge on any atom is 0.375 e. The van der Waals surface area contributed by atoms with Crippen LogP contribution in [0.4, 0.5) is 0 Å². The Balaban J connectivity index is 1.60. The minimum Gasteiger partial charge on any atom is -0.449 e. The second-order valence-electron chi connectivity index (χ2n) is 6.19. The van der Waals surface area contributed by atoms with E-state index in [1.807, 2.05) is 30.3 Å². The Morgan fingerprint density at radius 2 is 1.89 bits per heavy atom. The van der Waals surface area contributed by atoms with Crippen molar-refractivity contribution < 1.29 is 18.7 Å². The molecule has 28 heavy (non-hydrogen) atoms. The van der Waals surface area contributed by atoms with E-state index in [0.29, 0.717) is 18.0 Å². The number of fused-ring (bicyclic) bond motifs is 1.